The van der Waals surface area contributed by atoms with Gasteiger partial charge < -0.3 is 30.8 Å². The van der Waals surface area contributed by atoms with Crippen LogP contribution in [-0.2, 0) is 4.74 Å². The first-order valence-corrected chi connectivity index (χ1v) is 6.69. The van der Waals surface area contributed by atoms with Crippen LogP contribution in [0.2, 0.25) is 5.28 Å². The predicted octanol–water partition coefficient (Wildman–Crippen LogP) is -1.32. The van der Waals surface area contributed by atoms with Gasteiger partial charge in [0, 0.05) is 0 Å². The summed E-state index contributed by atoms with van der Waals surface area (Å²) in [7, 11) is 0. The molecule has 116 valence electrons. The standard InChI is InChI=1S/C5H3ClN4S.C5H11NO4/c6-5-9-3-2(4(11)10-5)7-1-8-3;6-5(9)4-3(8)2(7)1-10-4/h1H,(H2,7,8,9,10,11);2-5,7-9H,1,6H2/t;2-,3-,4-,5?/m.0/s1. The van der Waals surface area contributed by atoms with Gasteiger partial charge in [-0.2, -0.15) is 4.98 Å². The summed E-state index contributed by atoms with van der Waals surface area (Å²) in [4.78, 5) is 14.4. The van der Waals surface area contributed by atoms with E-state index in [-0.39, 0.29) is 11.9 Å². The maximum atomic E-state index is 9.01. The summed E-state index contributed by atoms with van der Waals surface area (Å²) < 4.78 is 4.76. The Labute approximate surface area is 129 Å². The average molecular weight is 336 g/mol. The average Bonchev–Trinajstić information content (AvgIpc) is 2.98. The molecule has 0 aliphatic carbocycles. The number of nitrogens with two attached hydrogens (primary N) is 1. The summed E-state index contributed by atoms with van der Waals surface area (Å²) in [6, 6.07) is 0. The van der Waals surface area contributed by atoms with Crippen molar-refractivity contribution in [1.29, 1.82) is 0 Å². The number of nitrogens with one attached hydrogen (secondary N) is 1. The minimum atomic E-state index is -1.23. The summed E-state index contributed by atoms with van der Waals surface area (Å²) in [6.45, 7) is 0.0279. The van der Waals surface area contributed by atoms with E-state index in [9.17, 15) is 0 Å². The fourth-order valence-electron chi connectivity index (χ4n) is 1.72. The highest BCUT2D eigenvalue weighted by Crippen LogP contribution is 2.16. The van der Waals surface area contributed by atoms with Gasteiger partial charge in [-0.05, 0) is 11.6 Å². The summed E-state index contributed by atoms with van der Waals surface area (Å²) in [5.74, 6) is 0. The minimum Gasteiger partial charge on any atom is -0.388 e. The van der Waals surface area contributed by atoms with Gasteiger partial charge in [-0.25, -0.2) is 9.97 Å². The van der Waals surface area contributed by atoms with Gasteiger partial charge in [-0.3, -0.25) is 0 Å². The lowest BCUT2D eigenvalue weighted by molar-refractivity contribution is -0.0477. The molecule has 0 radical (unpaired) electrons. The molecule has 3 rings (SSSR count). The molecule has 1 aliphatic heterocycles. The van der Waals surface area contributed by atoms with Crippen molar-refractivity contribution in [1.82, 2.24) is 19.9 Å². The van der Waals surface area contributed by atoms with Crippen molar-refractivity contribution in [3.63, 3.8) is 0 Å². The van der Waals surface area contributed by atoms with Gasteiger partial charge in [0.1, 0.15) is 35.1 Å². The second kappa shape index (κ2) is 6.83. The zero-order chi connectivity index (χ0) is 15.6. The zero-order valence-corrected chi connectivity index (χ0v) is 12.2. The SMILES string of the molecule is NC(O)[C@H]1OC[C@H](O)[C@@H]1O.Sc1nc(Cl)nc2nc[nH]c12. The van der Waals surface area contributed by atoms with Crippen LogP contribution in [0.15, 0.2) is 11.4 Å². The summed E-state index contributed by atoms with van der Waals surface area (Å²) in [6.07, 6.45) is -2.56. The first-order valence-electron chi connectivity index (χ1n) is 5.87. The monoisotopic (exact) mass is 335 g/mol. The van der Waals surface area contributed by atoms with E-state index < -0.39 is 24.5 Å². The number of H-pyrrole nitrogens is 1. The number of imidazole rings is 1. The Morgan fingerprint density at radius 2 is 2.19 bits per heavy atom. The van der Waals surface area contributed by atoms with E-state index in [1.807, 2.05) is 0 Å². The Kier molecular flexibility index (Phi) is 5.32. The minimum absolute atomic E-state index is 0.0279. The van der Waals surface area contributed by atoms with Gasteiger partial charge in [0.05, 0.1) is 12.9 Å². The number of halogens is 1. The number of ether oxygens (including phenoxy) is 1. The largest absolute Gasteiger partial charge is 0.388 e. The number of hydrogen-bond acceptors (Lipinski definition) is 9. The third-order valence-electron chi connectivity index (χ3n) is 2.77. The molecule has 3 heterocycles. The Bertz CT molecular complexity index is 612. The Hall–Kier alpha value is -1.01. The van der Waals surface area contributed by atoms with Gasteiger partial charge in [0.25, 0.3) is 0 Å². The molecule has 4 atom stereocenters. The van der Waals surface area contributed by atoms with Crippen LogP contribution in [0.5, 0.6) is 0 Å². The zero-order valence-electron chi connectivity index (χ0n) is 10.6. The van der Waals surface area contributed by atoms with Crippen molar-refractivity contribution >= 4 is 35.4 Å². The number of rotatable bonds is 1. The highest BCUT2D eigenvalue weighted by Gasteiger charge is 2.37. The molecule has 1 aliphatic rings. The molecule has 21 heavy (non-hydrogen) atoms. The first kappa shape index (κ1) is 16.4. The van der Waals surface area contributed by atoms with E-state index in [4.69, 9.17) is 37.4 Å². The molecule has 1 unspecified atom stereocenters. The molecular weight excluding hydrogens is 322 g/mol. The number of aliphatic hydroxyl groups is 3. The van der Waals surface area contributed by atoms with Gasteiger partial charge in [0.15, 0.2) is 5.65 Å². The van der Waals surface area contributed by atoms with Crippen LogP contribution >= 0.6 is 24.2 Å². The third-order valence-corrected chi connectivity index (χ3v) is 3.26. The molecule has 0 aromatic carbocycles. The Balaban J connectivity index is 0.000000155. The van der Waals surface area contributed by atoms with Gasteiger partial charge in [-0.15, -0.1) is 12.6 Å². The summed E-state index contributed by atoms with van der Waals surface area (Å²) in [5.41, 5.74) is 6.25. The van der Waals surface area contributed by atoms with Crippen LogP contribution in [0.4, 0.5) is 0 Å². The lowest BCUT2D eigenvalue weighted by atomic mass is 10.1. The maximum Gasteiger partial charge on any atom is 0.225 e. The number of aromatic amines is 1. The number of nitrogens with zero attached hydrogens (tertiary/aromatic N) is 3. The van der Waals surface area contributed by atoms with Crippen LogP contribution in [-0.4, -0.2) is 66.4 Å². The summed E-state index contributed by atoms with van der Waals surface area (Å²) >= 11 is 9.64. The topological polar surface area (TPSA) is 150 Å². The molecule has 0 bridgehead atoms. The second-order valence-electron chi connectivity index (χ2n) is 4.26. The number of thiol groups is 1. The smallest absolute Gasteiger partial charge is 0.225 e. The molecule has 11 heteroatoms. The van der Waals surface area contributed by atoms with Crippen LogP contribution < -0.4 is 5.73 Å². The molecule has 0 saturated carbocycles. The molecule has 2 aromatic heterocycles. The summed E-state index contributed by atoms with van der Waals surface area (Å²) in [5, 5.41) is 27.3. The predicted molar refractivity (Wildman–Crippen MR) is 75.9 cm³/mol. The fourth-order valence-corrected chi connectivity index (χ4v) is 2.20. The highest BCUT2D eigenvalue weighted by atomic mass is 35.5. The number of aromatic nitrogens is 4. The van der Waals surface area contributed by atoms with E-state index in [0.29, 0.717) is 16.2 Å². The molecular formula is C10H14ClN5O4S. The Morgan fingerprint density at radius 3 is 2.71 bits per heavy atom. The van der Waals surface area contributed by atoms with Crippen molar-refractivity contribution < 1.29 is 20.1 Å². The third kappa shape index (κ3) is 3.80. The second-order valence-corrected chi connectivity index (χ2v) is 5.03. The molecule has 1 saturated heterocycles. The Morgan fingerprint density at radius 1 is 1.48 bits per heavy atom. The maximum absolute atomic E-state index is 9.01. The van der Waals surface area contributed by atoms with Gasteiger partial charge >= 0.3 is 0 Å². The molecule has 1 fully saturated rings. The van der Waals surface area contributed by atoms with E-state index in [1.165, 1.54) is 6.33 Å². The van der Waals surface area contributed by atoms with E-state index in [2.05, 4.69) is 32.6 Å². The lowest BCUT2D eigenvalue weighted by Crippen LogP contribution is -2.43. The quantitative estimate of drug-likeness (QED) is 0.162. The van der Waals surface area contributed by atoms with Crippen LogP contribution in [0.1, 0.15) is 0 Å². The van der Waals surface area contributed by atoms with Crippen molar-refractivity contribution in [3.8, 4) is 0 Å². The van der Waals surface area contributed by atoms with Gasteiger partial charge in [0.2, 0.25) is 5.28 Å². The number of fused-ring (bicyclic) bond motifs is 1. The number of aliphatic hydroxyl groups excluding tert-OH is 3. The normalized spacial score (nSPS) is 26.5. The van der Waals surface area contributed by atoms with E-state index in [0.717, 1.165) is 0 Å². The van der Waals surface area contributed by atoms with Gasteiger partial charge in [-0.1, -0.05) is 0 Å². The van der Waals surface area contributed by atoms with Crippen LogP contribution in [0, 0.1) is 0 Å². The molecule has 9 nitrogen and oxygen atoms in total. The molecule has 0 amide bonds. The first-order chi connectivity index (χ1) is 9.90. The molecule has 0 spiro atoms. The molecule has 6 N–H and O–H groups in total. The van der Waals surface area contributed by atoms with Crippen molar-refractivity contribution in [3.05, 3.63) is 11.6 Å². The van der Waals surface area contributed by atoms with Crippen molar-refractivity contribution in [2.75, 3.05) is 6.61 Å². The van der Waals surface area contributed by atoms with E-state index in [1.54, 1.807) is 0 Å². The lowest BCUT2D eigenvalue weighted by Gasteiger charge is -2.16. The fraction of sp³-hybridized carbons (Fsp3) is 0.500. The van der Waals surface area contributed by atoms with Crippen molar-refractivity contribution in [2.45, 2.75) is 29.6 Å². The highest BCUT2D eigenvalue weighted by molar-refractivity contribution is 7.80. The van der Waals surface area contributed by atoms with Crippen LogP contribution in [0.3, 0.4) is 0 Å². The van der Waals surface area contributed by atoms with E-state index >= 15 is 0 Å². The molecule has 2 aromatic rings. The van der Waals surface area contributed by atoms with Crippen molar-refractivity contribution in [2.24, 2.45) is 5.73 Å². The number of hydrogen-bond donors (Lipinski definition) is 6. The van der Waals surface area contributed by atoms with Crippen LogP contribution in [0.25, 0.3) is 11.2 Å².